The van der Waals surface area contributed by atoms with Crippen molar-refractivity contribution in [2.45, 2.75) is 25.7 Å². The second-order valence-corrected chi connectivity index (χ2v) is 8.73. The Kier molecular flexibility index (Phi) is 5.71. The third-order valence-corrected chi connectivity index (χ3v) is 6.07. The molecule has 0 saturated heterocycles. The summed E-state index contributed by atoms with van der Waals surface area (Å²) in [5, 5.41) is 5.85. The van der Waals surface area contributed by atoms with E-state index in [0.717, 1.165) is 35.1 Å². The van der Waals surface area contributed by atoms with Gasteiger partial charge in [-0.1, -0.05) is 24.3 Å². The van der Waals surface area contributed by atoms with E-state index in [9.17, 15) is 9.35 Å². The molecule has 1 heterocycles. The first-order chi connectivity index (χ1) is 14.0. The standard InChI is InChI=1S/C22H24N4O2S/c1-25(2)29(28)24-22(27)17-13-14-19-20(15-17)23-26(18-11-7-4-8-12-18)21(19)16-9-5-3-6-10-16/h4,7-9,11-15H,3,5-6,10H2,1-2H3,(H,24,27). The van der Waals surface area contributed by atoms with Gasteiger partial charge in [-0.25, -0.2) is 4.68 Å². The van der Waals surface area contributed by atoms with Gasteiger partial charge in [-0.15, -0.1) is 9.03 Å². The highest BCUT2D eigenvalue weighted by atomic mass is 32.2. The van der Waals surface area contributed by atoms with Gasteiger partial charge in [0.25, 0.3) is 5.91 Å². The van der Waals surface area contributed by atoms with Crippen LogP contribution in [0.1, 0.15) is 41.7 Å². The van der Waals surface area contributed by atoms with Crippen molar-refractivity contribution >= 4 is 33.9 Å². The van der Waals surface area contributed by atoms with Crippen LogP contribution in [0.15, 0.2) is 54.6 Å². The van der Waals surface area contributed by atoms with Crippen molar-refractivity contribution in [3.8, 4) is 5.69 Å². The van der Waals surface area contributed by atoms with Crippen LogP contribution in [0.5, 0.6) is 0 Å². The van der Waals surface area contributed by atoms with E-state index in [2.05, 4.69) is 10.8 Å². The third-order valence-electron chi connectivity index (χ3n) is 5.04. The summed E-state index contributed by atoms with van der Waals surface area (Å²) in [5.41, 5.74) is 4.57. The molecule has 4 rings (SSSR count). The van der Waals surface area contributed by atoms with Crippen molar-refractivity contribution in [3.63, 3.8) is 0 Å². The molecule has 1 N–H and O–H groups in total. The Hall–Kier alpha value is -2.61. The predicted molar refractivity (Wildman–Crippen MR) is 117 cm³/mol. The molecule has 3 aromatic rings. The van der Waals surface area contributed by atoms with Gasteiger partial charge < -0.3 is 4.55 Å². The summed E-state index contributed by atoms with van der Waals surface area (Å²) in [5.74, 6) is -0.383. The predicted octanol–water partition coefficient (Wildman–Crippen LogP) is 3.85. The molecule has 0 radical (unpaired) electrons. The maximum atomic E-state index is 12.5. The quantitative estimate of drug-likeness (QED) is 0.651. The Morgan fingerprint density at radius 2 is 1.97 bits per heavy atom. The van der Waals surface area contributed by atoms with E-state index >= 15 is 0 Å². The lowest BCUT2D eigenvalue weighted by Crippen LogP contribution is -2.39. The van der Waals surface area contributed by atoms with E-state index in [1.54, 1.807) is 26.2 Å². The highest BCUT2D eigenvalue weighted by Gasteiger charge is 2.21. The van der Waals surface area contributed by atoms with E-state index in [-0.39, 0.29) is 5.91 Å². The number of nitrogens with one attached hydrogen (secondary N) is 1. The number of hydrogen-bond donors (Lipinski definition) is 1. The summed E-state index contributed by atoms with van der Waals surface area (Å²) < 4.78 is 17.8. The Balaban J connectivity index is 1.80. The first-order valence-electron chi connectivity index (χ1n) is 9.72. The van der Waals surface area contributed by atoms with Gasteiger partial charge in [-0.2, -0.15) is 5.10 Å². The second kappa shape index (κ2) is 8.41. The number of carbonyl (C=O) groups excluding carboxylic acids is 1. The van der Waals surface area contributed by atoms with Gasteiger partial charge in [-0.05, 0) is 61.6 Å². The monoisotopic (exact) mass is 408 g/mol. The minimum absolute atomic E-state index is 0.383. The maximum absolute atomic E-state index is 12.5. The Morgan fingerprint density at radius 1 is 1.17 bits per heavy atom. The lowest BCUT2D eigenvalue weighted by molar-refractivity contribution is 0.0979. The second-order valence-electron chi connectivity index (χ2n) is 7.30. The third kappa shape index (κ3) is 4.07. The zero-order valence-corrected chi connectivity index (χ0v) is 17.4. The molecule has 1 aromatic heterocycles. The van der Waals surface area contributed by atoms with Crippen LogP contribution in [0.4, 0.5) is 0 Å². The van der Waals surface area contributed by atoms with Crippen molar-refractivity contribution in [2.24, 2.45) is 0 Å². The highest BCUT2D eigenvalue weighted by molar-refractivity contribution is 7.87. The molecule has 1 amide bonds. The number of rotatable bonds is 5. The van der Waals surface area contributed by atoms with Crippen molar-refractivity contribution in [2.75, 3.05) is 14.1 Å². The van der Waals surface area contributed by atoms with Crippen LogP contribution >= 0.6 is 0 Å². The van der Waals surface area contributed by atoms with Crippen LogP contribution in [-0.2, 0) is 11.5 Å². The van der Waals surface area contributed by atoms with Gasteiger partial charge in [0.15, 0.2) is 11.5 Å². The van der Waals surface area contributed by atoms with Gasteiger partial charge in [-0.3, -0.25) is 4.79 Å². The fraction of sp³-hybridized carbons (Fsp3) is 0.273. The molecule has 150 valence electrons. The fourth-order valence-electron chi connectivity index (χ4n) is 3.58. The minimum atomic E-state index is -1.57. The summed E-state index contributed by atoms with van der Waals surface area (Å²) in [7, 11) is 3.29. The zero-order valence-electron chi connectivity index (χ0n) is 16.6. The molecule has 1 aliphatic rings. The van der Waals surface area contributed by atoms with E-state index in [1.165, 1.54) is 22.7 Å². The molecule has 2 aromatic carbocycles. The number of aromatic nitrogens is 2. The van der Waals surface area contributed by atoms with E-state index in [1.807, 2.05) is 41.1 Å². The molecule has 1 aliphatic carbocycles. The number of allylic oxidation sites excluding steroid dienone is 2. The number of para-hydroxylation sites is 1. The molecule has 1 unspecified atom stereocenters. The van der Waals surface area contributed by atoms with Crippen molar-refractivity contribution in [3.05, 3.63) is 65.9 Å². The molecule has 0 spiro atoms. The molecule has 0 bridgehead atoms. The number of nitrogens with zero attached hydrogens (tertiary/aromatic N) is 3. The molecule has 6 nitrogen and oxygen atoms in total. The number of benzene rings is 2. The van der Waals surface area contributed by atoms with E-state index in [0.29, 0.717) is 5.56 Å². The topological polar surface area (TPSA) is 73.2 Å². The Morgan fingerprint density at radius 3 is 2.66 bits per heavy atom. The first-order valence-corrected chi connectivity index (χ1v) is 10.8. The average Bonchev–Trinajstić information content (AvgIpc) is 3.13. The van der Waals surface area contributed by atoms with E-state index < -0.39 is 11.5 Å². The normalized spacial score (nSPS) is 15.4. The number of fused-ring (bicyclic) bond motifs is 1. The van der Waals surface area contributed by atoms with Crippen molar-refractivity contribution < 1.29 is 9.35 Å². The SMILES string of the molecule is CN(C)[S+]([O-])NC(=O)c1ccc2c(C3=CCCCC3)n(-c3ccccc3)nc2c1. The zero-order chi connectivity index (χ0) is 20.4. The van der Waals surface area contributed by atoms with Gasteiger partial charge in [0, 0.05) is 25.0 Å². The van der Waals surface area contributed by atoms with Crippen LogP contribution in [0.25, 0.3) is 22.2 Å². The summed E-state index contributed by atoms with van der Waals surface area (Å²) >= 11 is -1.57. The van der Waals surface area contributed by atoms with Gasteiger partial charge in [0.05, 0.1) is 16.9 Å². The number of carbonyl (C=O) groups is 1. The van der Waals surface area contributed by atoms with E-state index in [4.69, 9.17) is 5.10 Å². The van der Waals surface area contributed by atoms with Crippen LogP contribution in [0.2, 0.25) is 0 Å². The van der Waals surface area contributed by atoms with Crippen LogP contribution in [0.3, 0.4) is 0 Å². The highest BCUT2D eigenvalue weighted by Crippen LogP contribution is 2.34. The van der Waals surface area contributed by atoms with Gasteiger partial charge in [0.1, 0.15) is 0 Å². The molecule has 0 saturated carbocycles. The smallest absolute Gasteiger partial charge is 0.293 e. The summed E-state index contributed by atoms with van der Waals surface area (Å²) in [6.45, 7) is 0. The molecular formula is C22H24N4O2S. The number of amides is 1. The van der Waals surface area contributed by atoms with Crippen LogP contribution < -0.4 is 4.72 Å². The summed E-state index contributed by atoms with van der Waals surface area (Å²) in [6, 6.07) is 15.5. The van der Waals surface area contributed by atoms with Crippen molar-refractivity contribution in [1.82, 2.24) is 18.8 Å². The molecule has 29 heavy (non-hydrogen) atoms. The lowest BCUT2D eigenvalue weighted by Gasteiger charge is -2.15. The minimum Gasteiger partial charge on any atom is -0.573 e. The fourth-order valence-corrected chi connectivity index (χ4v) is 4.03. The Labute approximate surface area is 173 Å². The Bertz CT molecular complexity index is 1060. The first kappa shape index (κ1) is 19.7. The summed E-state index contributed by atoms with van der Waals surface area (Å²) in [4.78, 5) is 12.5. The molecule has 0 fully saturated rings. The lowest BCUT2D eigenvalue weighted by atomic mass is 9.95. The average molecular weight is 409 g/mol. The van der Waals surface area contributed by atoms with Gasteiger partial charge >= 0.3 is 0 Å². The van der Waals surface area contributed by atoms with Crippen LogP contribution in [-0.4, -0.2) is 38.6 Å². The number of hydrogen-bond acceptors (Lipinski definition) is 4. The van der Waals surface area contributed by atoms with Crippen LogP contribution in [0, 0.1) is 0 Å². The molecular weight excluding hydrogens is 384 g/mol. The van der Waals surface area contributed by atoms with Gasteiger partial charge in [0.2, 0.25) is 0 Å². The van der Waals surface area contributed by atoms with Crippen molar-refractivity contribution in [1.29, 1.82) is 0 Å². The molecule has 7 heteroatoms. The summed E-state index contributed by atoms with van der Waals surface area (Å²) in [6.07, 6.45) is 6.80. The molecule has 0 aliphatic heterocycles. The largest absolute Gasteiger partial charge is 0.573 e. The molecule has 1 atom stereocenters. The maximum Gasteiger partial charge on any atom is 0.293 e.